The molecule has 0 fully saturated rings. The van der Waals surface area contributed by atoms with Gasteiger partial charge >= 0.3 is 0 Å². The van der Waals surface area contributed by atoms with Gasteiger partial charge in [-0.3, -0.25) is 0 Å². The molecule has 0 radical (unpaired) electrons. The largest absolute Gasteiger partial charge is 0.342 e. The lowest BCUT2D eigenvalue weighted by atomic mass is 10.1. The van der Waals surface area contributed by atoms with E-state index in [4.69, 9.17) is 0 Å². The quantitative estimate of drug-likeness (QED) is 0.742. The summed E-state index contributed by atoms with van der Waals surface area (Å²) in [7, 11) is 0. The zero-order valence-electron chi connectivity index (χ0n) is 12.9. The first-order valence-electron chi connectivity index (χ1n) is 7.37. The highest BCUT2D eigenvalue weighted by Crippen LogP contribution is 2.23. The number of nitrogens with one attached hydrogen (secondary N) is 1. The van der Waals surface area contributed by atoms with Gasteiger partial charge in [-0.15, -0.1) is 11.3 Å². The number of fused-ring (bicyclic) bond motifs is 1. The monoisotopic (exact) mass is 298 g/mol. The summed E-state index contributed by atoms with van der Waals surface area (Å²) < 4.78 is 2.36. The van der Waals surface area contributed by atoms with Crippen molar-refractivity contribution in [1.29, 1.82) is 0 Å². The van der Waals surface area contributed by atoms with Gasteiger partial charge in [0.2, 0.25) is 0 Å². The van der Waals surface area contributed by atoms with Gasteiger partial charge < -0.3 is 9.88 Å². The van der Waals surface area contributed by atoms with Crippen LogP contribution in [0.4, 0.5) is 0 Å². The van der Waals surface area contributed by atoms with Gasteiger partial charge in [0.25, 0.3) is 0 Å². The number of benzene rings is 1. The van der Waals surface area contributed by atoms with Crippen LogP contribution in [0, 0.1) is 0 Å². The van der Waals surface area contributed by atoms with Crippen LogP contribution >= 0.6 is 11.3 Å². The average molecular weight is 298 g/mol. The lowest BCUT2D eigenvalue weighted by Gasteiger charge is -2.21. The summed E-state index contributed by atoms with van der Waals surface area (Å²) in [5.74, 6) is 0. The number of thiophene rings is 1. The molecular weight excluding hydrogens is 276 g/mol. The molecule has 2 nitrogen and oxygen atoms in total. The summed E-state index contributed by atoms with van der Waals surface area (Å²) in [6, 6.07) is 13.1. The minimum absolute atomic E-state index is 0.132. The fourth-order valence-electron chi connectivity index (χ4n) is 2.55. The Bertz CT molecular complexity index is 717. The van der Waals surface area contributed by atoms with E-state index in [0.29, 0.717) is 0 Å². The Hall–Kier alpha value is -1.58. The summed E-state index contributed by atoms with van der Waals surface area (Å²) in [4.78, 5) is 1.39. The van der Waals surface area contributed by atoms with Crippen molar-refractivity contribution in [2.45, 2.75) is 39.4 Å². The number of aromatic nitrogens is 1. The predicted molar refractivity (Wildman–Crippen MR) is 92.0 cm³/mol. The zero-order chi connectivity index (χ0) is 14.9. The van der Waals surface area contributed by atoms with Crippen LogP contribution in [0.1, 0.15) is 31.2 Å². The van der Waals surface area contributed by atoms with Gasteiger partial charge in [-0.25, -0.2) is 0 Å². The summed E-state index contributed by atoms with van der Waals surface area (Å²) in [6.07, 6.45) is 2.20. The van der Waals surface area contributed by atoms with Gasteiger partial charge in [0.1, 0.15) is 0 Å². The predicted octanol–water partition coefficient (Wildman–Crippen LogP) is 4.64. The Kier molecular flexibility index (Phi) is 3.87. The Labute approximate surface area is 130 Å². The van der Waals surface area contributed by atoms with E-state index < -0.39 is 0 Å². The Morgan fingerprint density at radius 1 is 1.10 bits per heavy atom. The highest BCUT2D eigenvalue weighted by atomic mass is 32.1. The number of para-hydroxylation sites is 1. The normalized spacial score (nSPS) is 12.1. The minimum Gasteiger partial charge on any atom is -0.342 e. The van der Waals surface area contributed by atoms with Crippen LogP contribution in [0.3, 0.4) is 0 Å². The second kappa shape index (κ2) is 5.66. The molecule has 3 aromatic rings. The van der Waals surface area contributed by atoms with Crippen LogP contribution < -0.4 is 5.32 Å². The van der Waals surface area contributed by atoms with Crippen molar-refractivity contribution in [3.63, 3.8) is 0 Å². The van der Waals surface area contributed by atoms with E-state index in [2.05, 4.69) is 78.6 Å². The molecule has 0 amide bonds. The zero-order valence-corrected chi connectivity index (χ0v) is 13.7. The molecule has 2 heterocycles. The summed E-state index contributed by atoms with van der Waals surface area (Å²) in [5, 5.41) is 7.06. The third-order valence-corrected chi connectivity index (χ3v) is 4.45. The molecular formula is C18H22N2S. The third kappa shape index (κ3) is 3.36. The van der Waals surface area contributed by atoms with Crippen molar-refractivity contribution in [2.75, 3.05) is 0 Å². The first-order valence-corrected chi connectivity index (χ1v) is 8.25. The van der Waals surface area contributed by atoms with Gasteiger partial charge in [-0.05, 0) is 49.2 Å². The first-order chi connectivity index (χ1) is 10.0. The van der Waals surface area contributed by atoms with Crippen molar-refractivity contribution < 1.29 is 0 Å². The highest BCUT2D eigenvalue weighted by Gasteiger charge is 2.12. The maximum atomic E-state index is 3.60. The molecule has 0 unspecified atom stereocenters. The Morgan fingerprint density at radius 2 is 1.95 bits per heavy atom. The van der Waals surface area contributed by atoms with Crippen LogP contribution in [0.5, 0.6) is 0 Å². The molecule has 21 heavy (non-hydrogen) atoms. The maximum absolute atomic E-state index is 3.60. The lowest BCUT2D eigenvalue weighted by Crippen LogP contribution is -2.35. The number of hydrogen-bond donors (Lipinski definition) is 1. The molecule has 0 aliphatic rings. The third-order valence-electron chi connectivity index (χ3n) is 3.59. The number of rotatable bonds is 4. The highest BCUT2D eigenvalue weighted by molar-refractivity contribution is 7.09. The van der Waals surface area contributed by atoms with E-state index in [0.717, 1.165) is 13.1 Å². The molecule has 0 aliphatic carbocycles. The Morgan fingerprint density at radius 3 is 2.67 bits per heavy atom. The van der Waals surface area contributed by atoms with E-state index in [1.807, 2.05) is 11.3 Å². The van der Waals surface area contributed by atoms with Gasteiger partial charge in [0, 0.05) is 23.2 Å². The van der Waals surface area contributed by atoms with E-state index in [1.165, 1.54) is 21.3 Å². The van der Waals surface area contributed by atoms with E-state index >= 15 is 0 Å². The molecule has 110 valence electrons. The number of nitrogens with zero attached hydrogens (tertiary/aromatic N) is 1. The van der Waals surface area contributed by atoms with Crippen molar-refractivity contribution in [3.8, 4) is 0 Å². The second-order valence-corrected chi connectivity index (χ2v) is 7.51. The van der Waals surface area contributed by atoms with Crippen LogP contribution in [-0.4, -0.2) is 10.1 Å². The fourth-order valence-corrected chi connectivity index (χ4v) is 3.25. The fraction of sp³-hybridized carbons (Fsp3) is 0.333. The smallest absolute Gasteiger partial charge is 0.0569 e. The molecule has 3 rings (SSSR count). The first kappa shape index (κ1) is 14.4. The molecule has 3 heteroatoms. The van der Waals surface area contributed by atoms with Gasteiger partial charge in [0.05, 0.1) is 12.1 Å². The average Bonchev–Trinajstić information content (AvgIpc) is 3.06. The minimum atomic E-state index is 0.132. The van der Waals surface area contributed by atoms with Gasteiger partial charge in [0.15, 0.2) is 0 Å². The number of hydrogen-bond acceptors (Lipinski definition) is 2. The summed E-state index contributed by atoms with van der Waals surface area (Å²) >= 11 is 1.82. The van der Waals surface area contributed by atoms with Crippen molar-refractivity contribution in [2.24, 2.45) is 0 Å². The Balaban J connectivity index is 1.94. The van der Waals surface area contributed by atoms with Crippen LogP contribution in [-0.2, 0) is 13.1 Å². The van der Waals surface area contributed by atoms with E-state index in [9.17, 15) is 0 Å². The summed E-state index contributed by atoms with van der Waals surface area (Å²) in [5.41, 5.74) is 2.85. The molecule has 1 N–H and O–H groups in total. The molecule has 1 aromatic carbocycles. The van der Waals surface area contributed by atoms with Crippen LogP contribution in [0.25, 0.3) is 10.9 Å². The molecule has 0 aliphatic heterocycles. The summed E-state index contributed by atoms with van der Waals surface area (Å²) in [6.45, 7) is 8.47. The van der Waals surface area contributed by atoms with Gasteiger partial charge in [-0.2, -0.15) is 0 Å². The van der Waals surface area contributed by atoms with Crippen LogP contribution in [0.2, 0.25) is 0 Å². The maximum Gasteiger partial charge on any atom is 0.0569 e. The van der Waals surface area contributed by atoms with E-state index in [-0.39, 0.29) is 5.54 Å². The van der Waals surface area contributed by atoms with Gasteiger partial charge in [-0.1, -0.05) is 24.3 Å². The van der Waals surface area contributed by atoms with Crippen molar-refractivity contribution in [3.05, 3.63) is 58.4 Å². The molecule has 2 aromatic heterocycles. The molecule has 0 spiro atoms. The van der Waals surface area contributed by atoms with Crippen molar-refractivity contribution in [1.82, 2.24) is 9.88 Å². The lowest BCUT2D eigenvalue weighted by molar-refractivity contribution is 0.425. The SMILES string of the molecule is CC(C)(C)NCc1cccc2ccn(Cc3cccs3)c12. The van der Waals surface area contributed by atoms with Crippen LogP contribution in [0.15, 0.2) is 48.0 Å². The molecule has 0 saturated carbocycles. The van der Waals surface area contributed by atoms with E-state index in [1.54, 1.807) is 0 Å². The molecule has 0 saturated heterocycles. The topological polar surface area (TPSA) is 17.0 Å². The standard InChI is InChI=1S/C18H22N2S/c1-18(2,3)19-12-15-7-4-6-14-9-10-20(17(14)15)13-16-8-5-11-21-16/h4-11,19H,12-13H2,1-3H3. The molecule has 0 atom stereocenters. The van der Waals surface area contributed by atoms with Crippen molar-refractivity contribution >= 4 is 22.2 Å². The second-order valence-electron chi connectivity index (χ2n) is 6.48. The molecule has 0 bridgehead atoms.